The number of anilines is 1. The van der Waals surface area contributed by atoms with Gasteiger partial charge in [-0.15, -0.1) is 0 Å². The van der Waals surface area contributed by atoms with Gasteiger partial charge in [0, 0.05) is 23.3 Å². The topological polar surface area (TPSA) is 59.6 Å². The Balaban J connectivity index is 1.83. The molecular formula is C17H19ClN2O3. The summed E-state index contributed by atoms with van der Waals surface area (Å²) in [6, 6.07) is 12.7. The summed E-state index contributed by atoms with van der Waals surface area (Å²) in [5, 5.41) is 6.58. The van der Waals surface area contributed by atoms with Gasteiger partial charge in [0.15, 0.2) is 11.5 Å². The third-order valence-corrected chi connectivity index (χ3v) is 3.45. The number of hydrogen-bond acceptors (Lipinski definition) is 4. The van der Waals surface area contributed by atoms with Crippen molar-refractivity contribution in [3.63, 3.8) is 0 Å². The van der Waals surface area contributed by atoms with E-state index in [-0.39, 0.29) is 12.5 Å². The van der Waals surface area contributed by atoms with Crippen LogP contribution in [-0.2, 0) is 11.3 Å². The Morgan fingerprint density at radius 1 is 1.04 bits per heavy atom. The highest BCUT2D eigenvalue weighted by atomic mass is 35.5. The van der Waals surface area contributed by atoms with E-state index < -0.39 is 0 Å². The van der Waals surface area contributed by atoms with Crippen LogP contribution >= 0.6 is 11.6 Å². The quantitative estimate of drug-likeness (QED) is 0.817. The molecule has 0 heterocycles. The largest absolute Gasteiger partial charge is 0.493 e. The van der Waals surface area contributed by atoms with E-state index in [2.05, 4.69) is 10.6 Å². The van der Waals surface area contributed by atoms with Crippen LogP contribution in [0.2, 0.25) is 5.02 Å². The van der Waals surface area contributed by atoms with Crippen molar-refractivity contribution in [2.45, 2.75) is 6.54 Å². The first-order chi connectivity index (χ1) is 11.1. The van der Waals surface area contributed by atoms with Crippen molar-refractivity contribution < 1.29 is 14.3 Å². The highest BCUT2D eigenvalue weighted by Gasteiger charge is 2.07. The smallest absolute Gasteiger partial charge is 0.238 e. The molecule has 0 radical (unpaired) electrons. The van der Waals surface area contributed by atoms with Gasteiger partial charge >= 0.3 is 0 Å². The monoisotopic (exact) mass is 334 g/mol. The summed E-state index contributed by atoms with van der Waals surface area (Å²) in [6.07, 6.45) is 0. The molecule has 122 valence electrons. The Morgan fingerprint density at radius 3 is 2.39 bits per heavy atom. The molecular weight excluding hydrogens is 316 g/mol. The van der Waals surface area contributed by atoms with Crippen LogP contribution in [0.25, 0.3) is 0 Å². The summed E-state index contributed by atoms with van der Waals surface area (Å²) in [6.45, 7) is 0.799. The predicted molar refractivity (Wildman–Crippen MR) is 91.3 cm³/mol. The second-order valence-electron chi connectivity index (χ2n) is 4.85. The van der Waals surface area contributed by atoms with Gasteiger partial charge in [-0.2, -0.15) is 0 Å². The van der Waals surface area contributed by atoms with Crippen molar-refractivity contribution in [3.05, 3.63) is 53.1 Å². The molecule has 5 nitrogen and oxygen atoms in total. The lowest BCUT2D eigenvalue weighted by Gasteiger charge is -2.11. The lowest BCUT2D eigenvalue weighted by atomic mass is 10.2. The predicted octanol–water partition coefficient (Wildman–Crippen LogP) is 3.09. The van der Waals surface area contributed by atoms with E-state index in [9.17, 15) is 4.79 Å². The normalized spacial score (nSPS) is 10.2. The molecule has 2 N–H and O–H groups in total. The van der Waals surface area contributed by atoms with Crippen LogP contribution in [0.5, 0.6) is 11.5 Å². The molecule has 0 aliphatic carbocycles. The number of hydrogen-bond donors (Lipinski definition) is 2. The second-order valence-corrected chi connectivity index (χ2v) is 5.28. The summed E-state index contributed by atoms with van der Waals surface area (Å²) in [4.78, 5) is 11.9. The fourth-order valence-electron chi connectivity index (χ4n) is 2.04. The molecule has 0 aliphatic heterocycles. The van der Waals surface area contributed by atoms with Gasteiger partial charge in [0.05, 0.1) is 20.8 Å². The van der Waals surface area contributed by atoms with E-state index in [0.29, 0.717) is 28.8 Å². The zero-order valence-corrected chi connectivity index (χ0v) is 13.8. The third-order valence-electron chi connectivity index (χ3n) is 3.20. The number of rotatable bonds is 7. The van der Waals surface area contributed by atoms with Crippen molar-refractivity contribution >= 4 is 23.2 Å². The van der Waals surface area contributed by atoms with Crippen molar-refractivity contribution in [3.8, 4) is 11.5 Å². The van der Waals surface area contributed by atoms with Gasteiger partial charge in [-0.1, -0.05) is 23.7 Å². The zero-order valence-electron chi connectivity index (χ0n) is 13.1. The minimum absolute atomic E-state index is 0.133. The molecule has 0 fully saturated rings. The number of methoxy groups -OCH3 is 2. The van der Waals surface area contributed by atoms with Crippen molar-refractivity contribution in [1.29, 1.82) is 0 Å². The maximum atomic E-state index is 11.9. The van der Waals surface area contributed by atoms with E-state index in [1.165, 1.54) is 0 Å². The number of halogens is 1. The number of carbonyl (C=O) groups is 1. The van der Waals surface area contributed by atoms with Gasteiger partial charge in [-0.25, -0.2) is 0 Å². The Labute approximate surface area is 140 Å². The molecule has 1 amide bonds. The summed E-state index contributed by atoms with van der Waals surface area (Å²) in [5.74, 6) is 1.05. The Morgan fingerprint density at radius 2 is 1.74 bits per heavy atom. The molecule has 0 spiro atoms. The van der Waals surface area contributed by atoms with Crippen LogP contribution in [0.3, 0.4) is 0 Å². The van der Waals surface area contributed by atoms with Gasteiger partial charge in [-0.3, -0.25) is 4.79 Å². The van der Waals surface area contributed by atoms with Crippen LogP contribution < -0.4 is 20.1 Å². The molecule has 0 aromatic heterocycles. The summed E-state index contributed by atoms with van der Waals surface area (Å²) >= 11 is 5.83. The van der Waals surface area contributed by atoms with Gasteiger partial charge in [0.2, 0.25) is 5.91 Å². The highest BCUT2D eigenvalue weighted by Crippen LogP contribution is 2.29. The lowest BCUT2D eigenvalue weighted by Crippen LogP contribution is -2.27. The van der Waals surface area contributed by atoms with Crippen LogP contribution in [-0.4, -0.2) is 26.7 Å². The van der Waals surface area contributed by atoms with Gasteiger partial charge < -0.3 is 20.1 Å². The van der Waals surface area contributed by atoms with E-state index >= 15 is 0 Å². The summed E-state index contributed by atoms with van der Waals surface area (Å²) < 4.78 is 10.4. The Kier molecular flexibility index (Phi) is 6.26. The maximum Gasteiger partial charge on any atom is 0.238 e. The molecule has 2 rings (SSSR count). The summed E-state index contributed by atoms with van der Waals surface area (Å²) in [7, 11) is 3.12. The molecule has 0 bridgehead atoms. The van der Waals surface area contributed by atoms with E-state index in [1.54, 1.807) is 32.4 Å². The zero-order chi connectivity index (χ0) is 16.7. The highest BCUT2D eigenvalue weighted by molar-refractivity contribution is 6.30. The molecule has 0 aliphatic rings. The Bertz CT molecular complexity index is 659. The van der Waals surface area contributed by atoms with Gasteiger partial charge in [0.1, 0.15) is 0 Å². The maximum absolute atomic E-state index is 11.9. The average molecular weight is 335 g/mol. The fraction of sp³-hybridized carbons (Fsp3) is 0.235. The molecule has 2 aromatic rings. The number of benzene rings is 2. The van der Waals surface area contributed by atoms with Crippen molar-refractivity contribution in [1.82, 2.24) is 5.32 Å². The SMILES string of the molecule is COc1ccc(NC(=O)CNCc2ccc(Cl)cc2)cc1OC. The molecule has 2 aromatic carbocycles. The minimum Gasteiger partial charge on any atom is -0.493 e. The van der Waals surface area contributed by atoms with Crippen molar-refractivity contribution in [2.24, 2.45) is 0 Å². The van der Waals surface area contributed by atoms with Gasteiger partial charge in [-0.05, 0) is 29.8 Å². The minimum atomic E-state index is -0.133. The van der Waals surface area contributed by atoms with Crippen LogP contribution in [0, 0.1) is 0 Å². The molecule has 0 unspecified atom stereocenters. The molecule has 0 saturated heterocycles. The average Bonchev–Trinajstić information content (AvgIpc) is 2.56. The number of ether oxygens (including phenoxy) is 2. The lowest BCUT2D eigenvalue weighted by molar-refractivity contribution is -0.115. The number of nitrogens with one attached hydrogen (secondary N) is 2. The first kappa shape index (κ1) is 17.1. The fourth-order valence-corrected chi connectivity index (χ4v) is 2.17. The van der Waals surface area contributed by atoms with Crippen LogP contribution in [0.4, 0.5) is 5.69 Å². The van der Waals surface area contributed by atoms with E-state index in [0.717, 1.165) is 5.56 Å². The summed E-state index contributed by atoms with van der Waals surface area (Å²) in [5.41, 5.74) is 1.72. The molecule has 6 heteroatoms. The van der Waals surface area contributed by atoms with Gasteiger partial charge in [0.25, 0.3) is 0 Å². The molecule has 0 saturated carbocycles. The third kappa shape index (κ3) is 5.16. The van der Waals surface area contributed by atoms with Crippen LogP contribution in [0.15, 0.2) is 42.5 Å². The Hall–Kier alpha value is -2.24. The number of carbonyl (C=O) groups excluding carboxylic acids is 1. The standard InChI is InChI=1S/C17H19ClN2O3/c1-22-15-8-7-14(9-16(15)23-2)20-17(21)11-19-10-12-3-5-13(18)6-4-12/h3-9,19H,10-11H2,1-2H3,(H,20,21). The van der Waals surface area contributed by atoms with Crippen LogP contribution in [0.1, 0.15) is 5.56 Å². The van der Waals surface area contributed by atoms with E-state index in [1.807, 2.05) is 24.3 Å². The number of amides is 1. The van der Waals surface area contributed by atoms with Crippen molar-refractivity contribution in [2.75, 3.05) is 26.1 Å². The first-order valence-corrected chi connectivity index (χ1v) is 7.47. The molecule has 0 atom stereocenters. The second kappa shape index (κ2) is 8.41. The van der Waals surface area contributed by atoms with E-state index in [4.69, 9.17) is 21.1 Å². The molecule has 23 heavy (non-hydrogen) atoms. The first-order valence-electron chi connectivity index (χ1n) is 7.09.